The normalized spacial score (nSPS) is 11.8. The van der Waals surface area contributed by atoms with Gasteiger partial charge in [-0.25, -0.2) is 13.2 Å². The maximum absolute atomic E-state index is 12.9. The van der Waals surface area contributed by atoms with Gasteiger partial charge in [-0.15, -0.1) is 0 Å². The third kappa shape index (κ3) is 7.16. The molecule has 0 spiro atoms. The Hall–Kier alpha value is -4.54. The lowest BCUT2D eigenvalue weighted by Crippen LogP contribution is -2.42. The van der Waals surface area contributed by atoms with Crippen LogP contribution in [-0.4, -0.2) is 45.7 Å². The Bertz CT molecular complexity index is 1660. The van der Waals surface area contributed by atoms with E-state index in [2.05, 4.69) is 10.0 Å². The van der Waals surface area contributed by atoms with Crippen LogP contribution in [0.1, 0.15) is 15.9 Å². The van der Waals surface area contributed by atoms with Gasteiger partial charge in [-0.3, -0.25) is 9.52 Å². The highest BCUT2D eigenvalue weighted by molar-refractivity contribution is 7.92. The van der Waals surface area contributed by atoms with Gasteiger partial charge in [0.2, 0.25) is 0 Å². The number of ether oxygens (including phenoxy) is 2. The molecule has 0 fully saturated rings. The van der Waals surface area contributed by atoms with Crippen LogP contribution in [0.3, 0.4) is 0 Å². The van der Waals surface area contributed by atoms with Gasteiger partial charge in [-0.2, -0.15) is 0 Å². The second kappa shape index (κ2) is 12.8. The molecule has 0 aliphatic rings. The van der Waals surface area contributed by atoms with Gasteiger partial charge in [0.05, 0.1) is 35.4 Å². The molecule has 0 aromatic heterocycles. The fourth-order valence-corrected chi connectivity index (χ4v) is 5.42. The number of carbonyl (C=O) groups is 2. The number of carboxylic acids is 1. The number of carbonyl (C=O) groups excluding carboxylic acids is 1. The van der Waals surface area contributed by atoms with Crippen molar-refractivity contribution in [3.8, 4) is 22.6 Å². The third-order valence-corrected chi connectivity index (χ3v) is 7.96. The molecular weight excluding hydrogens is 568 g/mol. The molecule has 41 heavy (non-hydrogen) atoms. The molecule has 4 rings (SSSR count). The van der Waals surface area contributed by atoms with E-state index < -0.39 is 27.9 Å². The molecule has 0 saturated carbocycles. The van der Waals surface area contributed by atoms with Gasteiger partial charge >= 0.3 is 5.97 Å². The molecule has 4 aromatic rings. The Balaban J connectivity index is 1.44. The SMILES string of the molecule is COc1ccc(S(=O)(=O)Nc2ccc(C(=O)N[C@@H](Cc3ccc(-c4ccccc4OC)cc3)C(=O)O)c(Cl)c2)cc1. The van der Waals surface area contributed by atoms with Gasteiger partial charge in [-0.05, 0) is 59.7 Å². The fraction of sp³-hybridized carbons (Fsp3) is 0.133. The number of para-hydroxylation sites is 1. The lowest BCUT2D eigenvalue weighted by atomic mass is 10.00. The second-order valence-corrected chi connectivity index (χ2v) is 11.0. The summed E-state index contributed by atoms with van der Waals surface area (Å²) in [6, 6.07) is 23.4. The minimum absolute atomic E-state index is 0.00293. The summed E-state index contributed by atoms with van der Waals surface area (Å²) in [6.07, 6.45) is 0.0324. The number of sulfonamides is 1. The van der Waals surface area contributed by atoms with Gasteiger partial charge in [0.15, 0.2) is 0 Å². The number of anilines is 1. The summed E-state index contributed by atoms with van der Waals surface area (Å²) in [5.41, 5.74) is 2.63. The van der Waals surface area contributed by atoms with Crippen LogP contribution in [0.2, 0.25) is 5.02 Å². The lowest BCUT2D eigenvalue weighted by molar-refractivity contribution is -0.139. The lowest BCUT2D eigenvalue weighted by Gasteiger charge is -2.16. The van der Waals surface area contributed by atoms with Gasteiger partial charge in [0, 0.05) is 12.0 Å². The molecule has 3 N–H and O–H groups in total. The van der Waals surface area contributed by atoms with Crippen molar-refractivity contribution in [3.63, 3.8) is 0 Å². The first kappa shape index (κ1) is 29.4. The zero-order chi connectivity index (χ0) is 29.6. The zero-order valence-corrected chi connectivity index (χ0v) is 23.7. The molecule has 0 radical (unpaired) electrons. The summed E-state index contributed by atoms with van der Waals surface area (Å²) < 4.78 is 38.3. The number of benzene rings is 4. The number of aliphatic carboxylic acids is 1. The van der Waals surface area contributed by atoms with Gasteiger partial charge in [-0.1, -0.05) is 54.1 Å². The summed E-state index contributed by atoms with van der Waals surface area (Å²) in [4.78, 5) is 24.9. The van der Waals surface area contributed by atoms with Crippen molar-refractivity contribution in [1.82, 2.24) is 5.32 Å². The van der Waals surface area contributed by atoms with E-state index in [1.165, 1.54) is 49.6 Å². The highest BCUT2D eigenvalue weighted by Gasteiger charge is 2.23. The smallest absolute Gasteiger partial charge is 0.326 e. The maximum atomic E-state index is 12.9. The number of amides is 1. The quantitative estimate of drug-likeness (QED) is 0.216. The molecule has 4 aromatic carbocycles. The summed E-state index contributed by atoms with van der Waals surface area (Å²) in [7, 11) is -0.863. The highest BCUT2D eigenvalue weighted by Crippen LogP contribution is 2.30. The third-order valence-electron chi connectivity index (χ3n) is 6.25. The molecule has 11 heteroatoms. The van der Waals surface area contributed by atoms with Gasteiger partial charge < -0.3 is 19.9 Å². The average Bonchev–Trinajstić information content (AvgIpc) is 2.97. The molecular formula is C30H27ClN2O7S. The number of nitrogens with one attached hydrogen (secondary N) is 2. The van der Waals surface area contributed by atoms with Crippen LogP contribution >= 0.6 is 11.6 Å². The Morgan fingerprint density at radius 3 is 2.20 bits per heavy atom. The fourth-order valence-electron chi connectivity index (χ4n) is 4.11. The van der Waals surface area contributed by atoms with E-state index >= 15 is 0 Å². The van der Waals surface area contributed by atoms with Crippen molar-refractivity contribution in [3.05, 3.63) is 107 Å². The van der Waals surface area contributed by atoms with Crippen LogP contribution in [0.5, 0.6) is 11.5 Å². The molecule has 0 saturated heterocycles. The van der Waals surface area contributed by atoms with Crippen LogP contribution < -0.4 is 19.5 Å². The molecule has 9 nitrogen and oxygen atoms in total. The summed E-state index contributed by atoms with van der Waals surface area (Å²) in [6.45, 7) is 0. The zero-order valence-electron chi connectivity index (χ0n) is 22.1. The molecule has 0 aliphatic heterocycles. The van der Waals surface area contributed by atoms with Crippen molar-refractivity contribution in [2.24, 2.45) is 0 Å². The van der Waals surface area contributed by atoms with Crippen LogP contribution in [0.4, 0.5) is 5.69 Å². The maximum Gasteiger partial charge on any atom is 0.326 e. The van der Waals surface area contributed by atoms with E-state index in [9.17, 15) is 23.1 Å². The van der Waals surface area contributed by atoms with Crippen molar-refractivity contribution in [2.75, 3.05) is 18.9 Å². The molecule has 1 amide bonds. The standard InChI is InChI=1S/C30H27ClN2O7S/c1-39-22-12-14-23(15-13-22)41(37,38)33-21-11-16-25(26(31)18-21)29(34)32-27(30(35)36)17-19-7-9-20(10-8-19)24-5-3-4-6-28(24)40-2/h3-16,18,27,33H,17H2,1-2H3,(H,32,34)(H,35,36)/t27-/m0/s1. The largest absolute Gasteiger partial charge is 0.497 e. The predicted octanol–water partition coefficient (Wildman–Crippen LogP) is 5.25. The number of methoxy groups -OCH3 is 2. The van der Waals surface area contributed by atoms with E-state index in [1.54, 1.807) is 19.2 Å². The summed E-state index contributed by atoms with van der Waals surface area (Å²) in [5, 5.41) is 12.2. The minimum Gasteiger partial charge on any atom is -0.497 e. The predicted molar refractivity (Wildman–Crippen MR) is 156 cm³/mol. The van der Waals surface area contributed by atoms with Crippen LogP contribution in [0.15, 0.2) is 95.9 Å². The molecule has 0 heterocycles. The first-order valence-electron chi connectivity index (χ1n) is 12.3. The minimum atomic E-state index is -3.93. The van der Waals surface area contributed by atoms with E-state index in [4.69, 9.17) is 21.1 Å². The van der Waals surface area contributed by atoms with Crippen LogP contribution in [0, 0.1) is 0 Å². The van der Waals surface area contributed by atoms with Crippen LogP contribution in [0.25, 0.3) is 11.1 Å². The molecule has 0 bridgehead atoms. The van der Waals surface area contributed by atoms with Crippen molar-refractivity contribution in [2.45, 2.75) is 17.4 Å². The molecule has 0 aliphatic carbocycles. The Labute approximate surface area is 242 Å². The Kier molecular flexibility index (Phi) is 9.16. The van der Waals surface area contributed by atoms with E-state index in [1.807, 2.05) is 36.4 Å². The Morgan fingerprint density at radius 1 is 0.902 bits per heavy atom. The number of halogens is 1. The molecule has 0 unspecified atom stereocenters. The van der Waals surface area contributed by atoms with Gasteiger partial charge in [0.25, 0.3) is 15.9 Å². The van der Waals surface area contributed by atoms with E-state index in [0.29, 0.717) is 17.1 Å². The summed E-state index contributed by atoms with van der Waals surface area (Å²) >= 11 is 6.29. The Morgan fingerprint density at radius 2 is 1.59 bits per heavy atom. The molecule has 212 valence electrons. The second-order valence-electron chi connectivity index (χ2n) is 8.94. The van der Waals surface area contributed by atoms with Crippen molar-refractivity contribution < 1.29 is 32.6 Å². The number of hydrogen-bond donors (Lipinski definition) is 3. The van der Waals surface area contributed by atoms with Crippen molar-refractivity contribution >= 4 is 39.2 Å². The van der Waals surface area contributed by atoms with Crippen molar-refractivity contribution in [1.29, 1.82) is 0 Å². The van der Waals surface area contributed by atoms with E-state index in [-0.39, 0.29) is 27.6 Å². The number of rotatable bonds is 11. The highest BCUT2D eigenvalue weighted by atomic mass is 35.5. The number of hydrogen-bond acceptors (Lipinski definition) is 6. The van der Waals surface area contributed by atoms with E-state index in [0.717, 1.165) is 11.1 Å². The average molecular weight is 595 g/mol. The first-order valence-corrected chi connectivity index (χ1v) is 14.2. The topological polar surface area (TPSA) is 131 Å². The first-order chi connectivity index (χ1) is 19.6. The van der Waals surface area contributed by atoms with Crippen LogP contribution in [-0.2, 0) is 21.2 Å². The van der Waals surface area contributed by atoms with Gasteiger partial charge in [0.1, 0.15) is 17.5 Å². The summed E-state index contributed by atoms with van der Waals surface area (Å²) in [5.74, 6) is -0.705. The number of carboxylic acid groups (broad SMARTS) is 1. The monoisotopic (exact) mass is 594 g/mol. The molecule has 1 atom stereocenters.